The third-order valence-electron chi connectivity index (χ3n) is 4.93. The van der Waals surface area contributed by atoms with Gasteiger partial charge in [-0.2, -0.15) is 0 Å². The minimum absolute atomic E-state index is 0.380. The van der Waals surface area contributed by atoms with Gasteiger partial charge in [0.05, 0.1) is 12.0 Å². The van der Waals surface area contributed by atoms with Crippen LogP contribution in [0.1, 0.15) is 30.1 Å². The molecule has 3 heterocycles. The van der Waals surface area contributed by atoms with Crippen molar-refractivity contribution in [3.8, 4) is 11.6 Å². The molecule has 0 aliphatic carbocycles. The van der Waals surface area contributed by atoms with Gasteiger partial charge in [-0.3, -0.25) is 9.88 Å². The number of imidazole rings is 1. The standard InChI is InChI=1S/C20H23N5O/c1-24-15-21-13-17(24)14-25-11-7-16(8-12-25)19-20(23-10-9-22-19)26-18-5-3-2-4-6-18/h2-6,9-10,13,15-16H,7-8,11-12,14H2,1H3. The lowest BCUT2D eigenvalue weighted by atomic mass is 9.93. The van der Waals surface area contributed by atoms with Gasteiger partial charge in [-0.15, -0.1) is 0 Å². The average Bonchev–Trinajstić information content (AvgIpc) is 3.08. The van der Waals surface area contributed by atoms with E-state index in [4.69, 9.17) is 4.74 Å². The Bertz CT molecular complexity index is 840. The zero-order chi connectivity index (χ0) is 17.8. The fourth-order valence-corrected chi connectivity index (χ4v) is 3.43. The SMILES string of the molecule is Cn1cncc1CN1CCC(c2nccnc2Oc2ccccc2)CC1. The van der Waals surface area contributed by atoms with Crippen LogP contribution in [0.2, 0.25) is 0 Å². The molecule has 0 radical (unpaired) electrons. The predicted octanol–water partition coefficient (Wildman–Crippen LogP) is 3.38. The summed E-state index contributed by atoms with van der Waals surface area (Å²) in [5, 5.41) is 0. The smallest absolute Gasteiger partial charge is 0.241 e. The molecule has 1 fully saturated rings. The lowest BCUT2D eigenvalue weighted by molar-refractivity contribution is 0.198. The molecule has 4 rings (SSSR count). The quantitative estimate of drug-likeness (QED) is 0.707. The van der Waals surface area contributed by atoms with Crippen molar-refractivity contribution in [2.24, 2.45) is 7.05 Å². The molecule has 134 valence electrons. The number of aromatic nitrogens is 4. The van der Waals surface area contributed by atoms with E-state index in [-0.39, 0.29) is 0 Å². The van der Waals surface area contributed by atoms with Crippen molar-refractivity contribution in [1.29, 1.82) is 0 Å². The fourth-order valence-electron chi connectivity index (χ4n) is 3.43. The van der Waals surface area contributed by atoms with Crippen molar-refractivity contribution in [2.45, 2.75) is 25.3 Å². The van der Waals surface area contributed by atoms with Crippen LogP contribution < -0.4 is 4.74 Å². The maximum absolute atomic E-state index is 5.99. The van der Waals surface area contributed by atoms with E-state index >= 15 is 0 Å². The summed E-state index contributed by atoms with van der Waals surface area (Å²) in [7, 11) is 2.04. The molecule has 26 heavy (non-hydrogen) atoms. The van der Waals surface area contributed by atoms with Gasteiger partial charge in [-0.1, -0.05) is 18.2 Å². The van der Waals surface area contributed by atoms with E-state index in [1.165, 1.54) is 5.69 Å². The number of para-hydroxylation sites is 1. The van der Waals surface area contributed by atoms with E-state index in [9.17, 15) is 0 Å². The van der Waals surface area contributed by atoms with E-state index in [1.54, 1.807) is 12.4 Å². The Hall–Kier alpha value is -2.73. The van der Waals surface area contributed by atoms with Gasteiger partial charge < -0.3 is 9.30 Å². The maximum atomic E-state index is 5.99. The van der Waals surface area contributed by atoms with Crippen molar-refractivity contribution in [2.75, 3.05) is 13.1 Å². The first-order valence-electron chi connectivity index (χ1n) is 9.01. The number of benzene rings is 1. The molecule has 1 aromatic carbocycles. The minimum atomic E-state index is 0.380. The van der Waals surface area contributed by atoms with E-state index in [1.807, 2.05) is 49.9 Å². The van der Waals surface area contributed by atoms with E-state index in [0.29, 0.717) is 11.8 Å². The van der Waals surface area contributed by atoms with Gasteiger partial charge in [0, 0.05) is 38.1 Å². The van der Waals surface area contributed by atoms with Gasteiger partial charge in [0.1, 0.15) is 11.4 Å². The molecule has 6 heteroatoms. The first-order chi connectivity index (χ1) is 12.8. The summed E-state index contributed by atoms with van der Waals surface area (Å²) in [5.41, 5.74) is 2.22. The normalized spacial score (nSPS) is 15.9. The van der Waals surface area contributed by atoms with Gasteiger partial charge in [0.25, 0.3) is 0 Å². The molecule has 2 aromatic heterocycles. The van der Waals surface area contributed by atoms with E-state index in [0.717, 1.165) is 43.9 Å². The summed E-state index contributed by atoms with van der Waals surface area (Å²) >= 11 is 0. The van der Waals surface area contributed by atoms with Crippen LogP contribution in [0.4, 0.5) is 0 Å². The molecule has 0 atom stereocenters. The molecule has 0 saturated carbocycles. The maximum Gasteiger partial charge on any atom is 0.241 e. The van der Waals surface area contributed by atoms with Crippen molar-refractivity contribution in [1.82, 2.24) is 24.4 Å². The second-order valence-corrected chi connectivity index (χ2v) is 6.71. The predicted molar refractivity (Wildman–Crippen MR) is 99.0 cm³/mol. The summed E-state index contributed by atoms with van der Waals surface area (Å²) in [6, 6.07) is 9.77. The molecule has 0 bridgehead atoms. The number of aryl methyl sites for hydroxylation is 1. The number of piperidine rings is 1. The highest BCUT2D eigenvalue weighted by atomic mass is 16.5. The Morgan fingerprint density at radius 2 is 1.85 bits per heavy atom. The van der Waals surface area contributed by atoms with Crippen LogP contribution in [-0.2, 0) is 13.6 Å². The topological polar surface area (TPSA) is 56.1 Å². The lowest BCUT2D eigenvalue weighted by Gasteiger charge is -2.31. The molecule has 1 saturated heterocycles. The van der Waals surface area contributed by atoms with Crippen molar-refractivity contribution < 1.29 is 4.74 Å². The Morgan fingerprint density at radius 3 is 2.58 bits per heavy atom. The summed E-state index contributed by atoms with van der Waals surface area (Å²) in [4.78, 5) is 15.7. The Kier molecular flexibility index (Phi) is 4.93. The van der Waals surface area contributed by atoms with Crippen LogP contribution in [0.15, 0.2) is 55.2 Å². The van der Waals surface area contributed by atoms with Gasteiger partial charge >= 0.3 is 0 Å². The van der Waals surface area contributed by atoms with Crippen LogP contribution >= 0.6 is 0 Å². The number of rotatable bonds is 5. The highest BCUT2D eigenvalue weighted by Crippen LogP contribution is 2.33. The van der Waals surface area contributed by atoms with Crippen molar-refractivity contribution in [3.05, 3.63) is 66.6 Å². The molecule has 0 N–H and O–H groups in total. The van der Waals surface area contributed by atoms with Crippen molar-refractivity contribution >= 4 is 0 Å². The Labute approximate surface area is 153 Å². The van der Waals surface area contributed by atoms with Crippen LogP contribution in [0, 0.1) is 0 Å². The fraction of sp³-hybridized carbons (Fsp3) is 0.350. The Balaban J connectivity index is 1.42. The van der Waals surface area contributed by atoms with Crippen LogP contribution in [0.25, 0.3) is 0 Å². The summed E-state index contributed by atoms with van der Waals surface area (Å²) in [6.07, 6.45) is 9.37. The van der Waals surface area contributed by atoms with Gasteiger partial charge in [-0.25, -0.2) is 9.97 Å². The molecule has 1 aliphatic rings. The highest BCUT2D eigenvalue weighted by Gasteiger charge is 2.25. The third kappa shape index (κ3) is 3.75. The molecular weight excluding hydrogens is 326 g/mol. The number of nitrogens with zero attached hydrogens (tertiary/aromatic N) is 5. The first-order valence-corrected chi connectivity index (χ1v) is 9.01. The van der Waals surface area contributed by atoms with Gasteiger partial charge in [-0.05, 0) is 38.1 Å². The molecule has 6 nitrogen and oxygen atoms in total. The number of likely N-dealkylation sites (tertiary alicyclic amines) is 1. The second-order valence-electron chi connectivity index (χ2n) is 6.71. The highest BCUT2D eigenvalue weighted by molar-refractivity contribution is 5.30. The number of ether oxygens (including phenoxy) is 1. The summed E-state index contributed by atoms with van der Waals surface area (Å²) in [5.74, 6) is 1.80. The molecule has 1 aliphatic heterocycles. The summed E-state index contributed by atoms with van der Waals surface area (Å²) in [6.45, 7) is 3.02. The number of hydrogen-bond donors (Lipinski definition) is 0. The third-order valence-corrected chi connectivity index (χ3v) is 4.93. The van der Waals surface area contributed by atoms with Crippen LogP contribution in [0.5, 0.6) is 11.6 Å². The van der Waals surface area contributed by atoms with Gasteiger partial charge in [0.2, 0.25) is 5.88 Å². The molecular formula is C20H23N5O. The van der Waals surface area contributed by atoms with Crippen molar-refractivity contribution in [3.63, 3.8) is 0 Å². The Morgan fingerprint density at radius 1 is 1.08 bits per heavy atom. The molecule has 0 unspecified atom stereocenters. The zero-order valence-corrected chi connectivity index (χ0v) is 15.0. The first kappa shape index (κ1) is 16.7. The van der Waals surface area contributed by atoms with Gasteiger partial charge in [0.15, 0.2) is 0 Å². The lowest BCUT2D eigenvalue weighted by Crippen LogP contribution is -2.33. The summed E-state index contributed by atoms with van der Waals surface area (Å²) < 4.78 is 8.08. The largest absolute Gasteiger partial charge is 0.437 e. The minimum Gasteiger partial charge on any atom is -0.437 e. The number of hydrogen-bond acceptors (Lipinski definition) is 5. The van der Waals surface area contributed by atoms with E-state index in [2.05, 4.69) is 24.4 Å². The molecule has 3 aromatic rings. The van der Waals surface area contributed by atoms with Crippen LogP contribution in [-0.4, -0.2) is 37.5 Å². The second kappa shape index (κ2) is 7.66. The average molecular weight is 349 g/mol. The van der Waals surface area contributed by atoms with Crippen LogP contribution in [0.3, 0.4) is 0 Å². The zero-order valence-electron chi connectivity index (χ0n) is 15.0. The monoisotopic (exact) mass is 349 g/mol. The molecule has 0 amide bonds. The van der Waals surface area contributed by atoms with E-state index < -0.39 is 0 Å². The molecule has 0 spiro atoms.